The smallest absolute Gasteiger partial charge is 0.135 e. The number of hydrogen-bond donors (Lipinski definition) is 0. The number of fused-ring (bicyclic) bond motifs is 4. The molecule has 1 aliphatic rings. The molecular formula is C67H60FN4OPt-3. The van der Waals surface area contributed by atoms with Crippen molar-refractivity contribution in [2.24, 2.45) is 0 Å². The predicted octanol–water partition coefficient (Wildman–Crippen LogP) is 18.9. The molecule has 0 spiro atoms. The van der Waals surface area contributed by atoms with E-state index in [0.29, 0.717) is 11.5 Å². The van der Waals surface area contributed by atoms with Gasteiger partial charge in [-0.3, -0.25) is 0 Å². The van der Waals surface area contributed by atoms with Gasteiger partial charge in [-0.05, 0) is 146 Å². The molecule has 0 N–H and O–H groups in total. The Morgan fingerprint density at radius 2 is 1.14 bits per heavy atom. The fraction of sp³-hybridized carbons (Fsp3) is 0.194. The van der Waals surface area contributed by atoms with E-state index < -0.39 is 0 Å². The molecule has 0 fully saturated rings. The summed E-state index contributed by atoms with van der Waals surface area (Å²) in [4.78, 5) is 9.44. The van der Waals surface area contributed by atoms with Gasteiger partial charge >= 0.3 is 0 Å². The molecule has 7 heteroatoms. The molecule has 74 heavy (non-hydrogen) atoms. The second-order valence-electron chi connectivity index (χ2n) is 20.7. The van der Waals surface area contributed by atoms with Crippen molar-refractivity contribution >= 4 is 44.6 Å². The number of halogens is 1. The van der Waals surface area contributed by atoms with Crippen molar-refractivity contribution in [3.8, 4) is 50.7 Å². The van der Waals surface area contributed by atoms with Crippen molar-refractivity contribution in [1.29, 1.82) is 0 Å². The summed E-state index contributed by atoms with van der Waals surface area (Å²) in [5, 5.41) is 2.19. The number of nitrogens with zero attached hydrogens (tertiary/aromatic N) is 4. The standard InChI is InChI=1S/C67H60FN4O.Pt/c1-41(2)57-34-48(46-17-11-10-12-18-46)35-58(42(3)4)66(57)50-32-52(38-54(33-50)73-53-27-28-56-55-19-13-14-20-61(55)72(63(56)39-53)65-21-15-16-30-69-65)70-40-71(64-31-45(9)22-29-62(64)70)67-59(43(5)6)36-49(37-60(67)44(7)8)47-23-25-51(68)26-24-47;/h10-37,40-44H,1-9H3;/q-3;. The number of rotatable bonds is 12. The van der Waals surface area contributed by atoms with Crippen LogP contribution in [0.4, 0.5) is 27.1 Å². The van der Waals surface area contributed by atoms with Crippen LogP contribution in [-0.2, 0) is 21.1 Å². The van der Waals surface area contributed by atoms with E-state index in [1.165, 1.54) is 38.9 Å². The largest absolute Gasteiger partial charge is 0.509 e. The van der Waals surface area contributed by atoms with Crippen LogP contribution >= 0.6 is 0 Å². The van der Waals surface area contributed by atoms with Crippen molar-refractivity contribution in [2.75, 3.05) is 9.80 Å². The molecule has 374 valence electrons. The molecule has 8 aromatic carbocycles. The molecule has 10 aromatic rings. The first kappa shape index (κ1) is 50.3. The first-order valence-corrected chi connectivity index (χ1v) is 25.6. The first-order valence-electron chi connectivity index (χ1n) is 25.6. The number of aryl methyl sites for hydroxylation is 1. The Bertz CT molecular complexity index is 3620. The summed E-state index contributed by atoms with van der Waals surface area (Å²) in [6.45, 7) is 22.6. The summed E-state index contributed by atoms with van der Waals surface area (Å²) in [5.74, 6) is 2.54. The third-order valence-electron chi connectivity index (χ3n) is 14.3. The van der Waals surface area contributed by atoms with Gasteiger partial charge in [0.1, 0.15) is 11.6 Å². The molecule has 0 saturated heterocycles. The molecule has 5 nitrogen and oxygen atoms in total. The average molecular weight is 1150 g/mol. The quantitative estimate of drug-likeness (QED) is 0.114. The maximum atomic E-state index is 14.2. The number of benzene rings is 8. The Morgan fingerprint density at radius 1 is 0.514 bits per heavy atom. The Kier molecular flexibility index (Phi) is 14.0. The second kappa shape index (κ2) is 20.6. The van der Waals surface area contributed by atoms with Gasteiger partial charge in [0, 0.05) is 61.3 Å². The molecule has 1 aliphatic heterocycles. The van der Waals surface area contributed by atoms with E-state index in [0.717, 1.165) is 72.6 Å². The van der Waals surface area contributed by atoms with Gasteiger partial charge in [-0.25, -0.2) is 9.37 Å². The van der Waals surface area contributed by atoms with Crippen LogP contribution in [-0.4, -0.2) is 9.55 Å². The van der Waals surface area contributed by atoms with Gasteiger partial charge in [0.05, 0.1) is 0 Å². The summed E-state index contributed by atoms with van der Waals surface area (Å²) >= 11 is 0. The molecular weight excluding hydrogens is 1090 g/mol. The summed E-state index contributed by atoms with van der Waals surface area (Å²) in [6.07, 6.45) is 1.83. The van der Waals surface area contributed by atoms with E-state index in [-0.39, 0.29) is 50.6 Å². The molecule has 11 rings (SSSR count). The van der Waals surface area contributed by atoms with Crippen LogP contribution in [0.3, 0.4) is 0 Å². The minimum Gasteiger partial charge on any atom is -0.509 e. The first-order chi connectivity index (χ1) is 35.3. The van der Waals surface area contributed by atoms with E-state index in [4.69, 9.17) is 9.72 Å². The zero-order valence-electron chi connectivity index (χ0n) is 43.4. The molecule has 0 saturated carbocycles. The van der Waals surface area contributed by atoms with Gasteiger partial charge in [0.2, 0.25) is 0 Å². The van der Waals surface area contributed by atoms with Gasteiger partial charge in [-0.2, -0.15) is 6.07 Å². The van der Waals surface area contributed by atoms with Crippen LogP contribution in [0, 0.1) is 31.5 Å². The average Bonchev–Trinajstić information content (AvgIpc) is 3.94. The Labute approximate surface area is 450 Å². The number of pyridine rings is 1. The summed E-state index contributed by atoms with van der Waals surface area (Å²) in [7, 11) is 0. The van der Waals surface area contributed by atoms with Crippen molar-refractivity contribution in [2.45, 2.75) is 86.0 Å². The van der Waals surface area contributed by atoms with E-state index >= 15 is 0 Å². The predicted molar refractivity (Wildman–Crippen MR) is 302 cm³/mol. The number of aromatic nitrogens is 2. The van der Waals surface area contributed by atoms with E-state index in [2.05, 4.69) is 211 Å². The van der Waals surface area contributed by atoms with Crippen molar-refractivity contribution < 1.29 is 30.2 Å². The molecule has 2 aromatic heterocycles. The number of ether oxygens (including phenoxy) is 1. The van der Waals surface area contributed by atoms with Crippen LogP contribution < -0.4 is 14.5 Å². The fourth-order valence-electron chi connectivity index (χ4n) is 10.7. The monoisotopic (exact) mass is 1150 g/mol. The Balaban J connectivity index is 0.00000626. The third kappa shape index (κ3) is 9.34. The minimum absolute atomic E-state index is 0. The van der Waals surface area contributed by atoms with Crippen molar-refractivity contribution in [3.05, 3.63) is 222 Å². The third-order valence-corrected chi connectivity index (χ3v) is 14.3. The van der Waals surface area contributed by atoms with Gasteiger partial charge in [0.15, 0.2) is 0 Å². The van der Waals surface area contributed by atoms with Crippen LogP contribution in [0.15, 0.2) is 170 Å². The number of anilines is 4. The van der Waals surface area contributed by atoms with Gasteiger partial charge < -0.3 is 19.1 Å². The zero-order valence-corrected chi connectivity index (χ0v) is 45.7. The minimum atomic E-state index is -0.240. The van der Waals surface area contributed by atoms with Gasteiger partial charge in [-0.1, -0.05) is 146 Å². The summed E-state index contributed by atoms with van der Waals surface area (Å²) in [5.41, 5.74) is 18.9. The second-order valence-corrected chi connectivity index (χ2v) is 20.7. The Hall–Kier alpha value is -7.27. The van der Waals surface area contributed by atoms with Gasteiger partial charge in [-0.15, -0.1) is 53.6 Å². The fourth-order valence-corrected chi connectivity index (χ4v) is 10.7. The van der Waals surface area contributed by atoms with Crippen LogP contribution in [0.1, 0.15) is 107 Å². The summed E-state index contributed by atoms with van der Waals surface area (Å²) < 4.78 is 23.5. The van der Waals surface area contributed by atoms with Crippen LogP contribution in [0.25, 0.3) is 61.0 Å². The molecule has 0 radical (unpaired) electrons. The number of hydrogen-bond acceptors (Lipinski definition) is 4. The molecule has 0 amide bonds. The molecule has 0 atom stereocenters. The van der Waals surface area contributed by atoms with E-state index in [1.807, 2.05) is 42.6 Å². The summed E-state index contributed by atoms with van der Waals surface area (Å²) in [6, 6.07) is 64.2. The Morgan fingerprint density at radius 3 is 1.78 bits per heavy atom. The number of para-hydroxylation sites is 1. The normalized spacial score (nSPS) is 12.5. The van der Waals surface area contributed by atoms with E-state index in [9.17, 15) is 4.39 Å². The van der Waals surface area contributed by atoms with Crippen molar-refractivity contribution in [3.63, 3.8) is 0 Å². The van der Waals surface area contributed by atoms with Gasteiger partial charge in [0.25, 0.3) is 0 Å². The van der Waals surface area contributed by atoms with E-state index in [1.54, 1.807) is 12.1 Å². The SMILES string of the molecule is Cc1ccc2c(c1)N(c1c(C(C)C)cc(-c3ccc(F)cc3)cc1C(C)C)[CH-]N2c1[c-]c(Oc2[c-]c3c(cc2)c2ccccc2n3-c2ccccn2)cc(-c2c(C(C)C)cc(-c3ccccc3)cc2C(C)C)c1.[Pt]. The topological polar surface area (TPSA) is 33.5 Å². The molecule has 3 heterocycles. The zero-order chi connectivity index (χ0) is 50.7. The van der Waals surface area contributed by atoms with Crippen LogP contribution in [0.2, 0.25) is 0 Å². The maximum absolute atomic E-state index is 14.2. The molecule has 0 bridgehead atoms. The van der Waals surface area contributed by atoms with Crippen molar-refractivity contribution in [1.82, 2.24) is 9.55 Å². The molecule has 0 unspecified atom stereocenters. The maximum Gasteiger partial charge on any atom is 0.135 e. The van der Waals surface area contributed by atoms with Crippen LogP contribution in [0.5, 0.6) is 11.5 Å². The molecule has 0 aliphatic carbocycles.